The topological polar surface area (TPSA) is 41.3 Å². The number of nitrogens with zero attached hydrogens (tertiary/aromatic N) is 3. The highest BCUT2D eigenvalue weighted by atomic mass is 32.1. The minimum Gasteiger partial charge on any atom is -0.508 e. The van der Waals surface area contributed by atoms with Gasteiger partial charge in [0.1, 0.15) is 17.4 Å². The van der Waals surface area contributed by atoms with E-state index < -0.39 is 0 Å². The summed E-state index contributed by atoms with van der Waals surface area (Å²) >= 11 is 1.84. The Bertz CT molecular complexity index is 1160. The third-order valence-electron chi connectivity index (χ3n) is 6.50. The van der Waals surface area contributed by atoms with Gasteiger partial charge in [0, 0.05) is 30.5 Å². The van der Waals surface area contributed by atoms with Gasteiger partial charge in [-0.1, -0.05) is 18.2 Å². The van der Waals surface area contributed by atoms with Crippen LogP contribution in [-0.4, -0.2) is 39.2 Å². The van der Waals surface area contributed by atoms with E-state index in [2.05, 4.69) is 27.0 Å². The lowest BCUT2D eigenvalue weighted by molar-refractivity contribution is 0.184. The fourth-order valence-electron chi connectivity index (χ4n) is 4.66. The number of likely N-dealkylation sites (tertiary alicyclic amines) is 1. The van der Waals surface area contributed by atoms with E-state index in [0.717, 1.165) is 54.9 Å². The lowest BCUT2D eigenvalue weighted by Gasteiger charge is -2.31. The zero-order chi connectivity index (χ0) is 21.9. The third-order valence-corrected chi connectivity index (χ3v) is 7.43. The van der Waals surface area contributed by atoms with Crippen LogP contribution in [0.4, 0.5) is 4.39 Å². The molecule has 1 fully saturated rings. The number of thiophene rings is 1. The Hall–Kier alpha value is -2.70. The Morgan fingerprint density at radius 1 is 1.06 bits per heavy atom. The van der Waals surface area contributed by atoms with E-state index in [-0.39, 0.29) is 11.6 Å². The zero-order valence-electron chi connectivity index (χ0n) is 18.1. The fourth-order valence-corrected chi connectivity index (χ4v) is 5.36. The van der Waals surface area contributed by atoms with Crippen LogP contribution in [0.1, 0.15) is 29.1 Å². The first kappa shape index (κ1) is 21.2. The average molecular weight is 450 g/mol. The normalized spacial score (nSPS) is 15.5. The van der Waals surface area contributed by atoms with E-state index in [1.165, 1.54) is 29.9 Å². The number of benzene rings is 2. The molecule has 166 valence electrons. The molecule has 0 unspecified atom stereocenters. The van der Waals surface area contributed by atoms with Gasteiger partial charge in [-0.2, -0.15) is 0 Å². The van der Waals surface area contributed by atoms with Crippen molar-refractivity contribution in [1.29, 1.82) is 0 Å². The molecule has 0 bridgehead atoms. The molecule has 5 rings (SSSR count). The first-order valence-corrected chi connectivity index (χ1v) is 12.2. The maximum Gasteiger partial charge on any atom is 0.123 e. The summed E-state index contributed by atoms with van der Waals surface area (Å²) in [4.78, 5) is 8.96. The van der Waals surface area contributed by atoms with E-state index in [4.69, 9.17) is 4.98 Å². The SMILES string of the molecule is Oc1ccc2nc(CC3CCN(CCc4cccs4)CC3)n(Cc3ccc(F)cc3)c2c1. The predicted octanol–water partition coefficient (Wildman–Crippen LogP) is 5.49. The second-order valence-corrected chi connectivity index (χ2v) is 9.76. The predicted molar refractivity (Wildman–Crippen MR) is 128 cm³/mol. The molecule has 1 aliphatic heterocycles. The van der Waals surface area contributed by atoms with Crippen molar-refractivity contribution in [2.45, 2.75) is 32.2 Å². The summed E-state index contributed by atoms with van der Waals surface area (Å²) in [6.45, 7) is 4.02. The Balaban J connectivity index is 1.29. The van der Waals surface area contributed by atoms with Gasteiger partial charge in [0.15, 0.2) is 0 Å². The first-order chi connectivity index (χ1) is 15.6. The molecular weight excluding hydrogens is 421 g/mol. The van der Waals surface area contributed by atoms with Crippen molar-refractivity contribution in [3.63, 3.8) is 0 Å². The van der Waals surface area contributed by atoms with Crippen molar-refractivity contribution in [1.82, 2.24) is 14.5 Å². The smallest absolute Gasteiger partial charge is 0.123 e. The molecule has 1 saturated heterocycles. The number of halogens is 1. The molecule has 0 atom stereocenters. The van der Waals surface area contributed by atoms with Gasteiger partial charge in [0.2, 0.25) is 0 Å². The molecule has 0 amide bonds. The first-order valence-electron chi connectivity index (χ1n) is 11.3. The maximum absolute atomic E-state index is 13.4. The number of fused-ring (bicyclic) bond motifs is 1. The summed E-state index contributed by atoms with van der Waals surface area (Å²) in [7, 11) is 0. The van der Waals surface area contributed by atoms with Crippen molar-refractivity contribution in [3.8, 4) is 5.75 Å². The van der Waals surface area contributed by atoms with Gasteiger partial charge in [-0.25, -0.2) is 9.37 Å². The highest BCUT2D eigenvalue weighted by molar-refractivity contribution is 7.09. The van der Waals surface area contributed by atoms with Crippen LogP contribution < -0.4 is 0 Å². The number of hydrogen-bond donors (Lipinski definition) is 1. The van der Waals surface area contributed by atoms with Gasteiger partial charge in [0.25, 0.3) is 0 Å². The van der Waals surface area contributed by atoms with E-state index in [1.54, 1.807) is 12.1 Å². The summed E-state index contributed by atoms with van der Waals surface area (Å²) in [5, 5.41) is 12.2. The summed E-state index contributed by atoms with van der Waals surface area (Å²) in [5.41, 5.74) is 2.85. The molecule has 4 aromatic rings. The Labute approximate surface area is 192 Å². The summed E-state index contributed by atoms with van der Waals surface area (Å²) in [6.07, 6.45) is 4.42. The van der Waals surface area contributed by atoms with Crippen LogP contribution in [0.25, 0.3) is 11.0 Å². The van der Waals surface area contributed by atoms with E-state index >= 15 is 0 Å². The highest BCUT2D eigenvalue weighted by Gasteiger charge is 2.22. The van der Waals surface area contributed by atoms with Crippen LogP contribution in [0.3, 0.4) is 0 Å². The second-order valence-electron chi connectivity index (χ2n) is 8.73. The number of phenols is 1. The van der Waals surface area contributed by atoms with Gasteiger partial charge in [-0.3, -0.25) is 0 Å². The van der Waals surface area contributed by atoms with Crippen molar-refractivity contribution in [3.05, 3.63) is 82.1 Å². The molecule has 0 saturated carbocycles. The molecule has 3 heterocycles. The Morgan fingerprint density at radius 3 is 2.62 bits per heavy atom. The van der Waals surface area contributed by atoms with Crippen molar-refractivity contribution >= 4 is 22.4 Å². The Kier molecular flexibility index (Phi) is 6.23. The fraction of sp³-hybridized carbons (Fsp3) is 0.346. The number of aromatic nitrogens is 2. The zero-order valence-corrected chi connectivity index (χ0v) is 18.9. The number of phenolic OH excluding ortho intramolecular Hbond substituents is 1. The number of hydrogen-bond acceptors (Lipinski definition) is 4. The van der Waals surface area contributed by atoms with Crippen LogP contribution >= 0.6 is 11.3 Å². The van der Waals surface area contributed by atoms with E-state index in [9.17, 15) is 9.50 Å². The van der Waals surface area contributed by atoms with Crippen LogP contribution in [0.2, 0.25) is 0 Å². The minimum atomic E-state index is -0.229. The van der Waals surface area contributed by atoms with Gasteiger partial charge in [-0.15, -0.1) is 11.3 Å². The summed E-state index contributed by atoms with van der Waals surface area (Å²) < 4.78 is 15.6. The molecule has 6 heteroatoms. The highest BCUT2D eigenvalue weighted by Crippen LogP contribution is 2.27. The van der Waals surface area contributed by atoms with Gasteiger partial charge in [0.05, 0.1) is 11.0 Å². The number of imidazole rings is 1. The van der Waals surface area contributed by atoms with Crippen LogP contribution in [-0.2, 0) is 19.4 Å². The quantitative estimate of drug-likeness (QED) is 0.406. The molecule has 2 aromatic heterocycles. The van der Waals surface area contributed by atoms with Crippen molar-refractivity contribution in [2.24, 2.45) is 5.92 Å². The third kappa shape index (κ3) is 4.87. The van der Waals surface area contributed by atoms with Gasteiger partial charge < -0.3 is 14.6 Å². The molecule has 0 radical (unpaired) electrons. The molecule has 1 N–H and O–H groups in total. The monoisotopic (exact) mass is 449 g/mol. The van der Waals surface area contributed by atoms with Crippen molar-refractivity contribution < 1.29 is 9.50 Å². The van der Waals surface area contributed by atoms with Crippen LogP contribution in [0, 0.1) is 11.7 Å². The second kappa shape index (κ2) is 9.43. The summed E-state index contributed by atoms with van der Waals surface area (Å²) in [5.74, 6) is 1.66. The van der Waals surface area contributed by atoms with E-state index in [0.29, 0.717) is 12.5 Å². The molecule has 0 spiro atoms. The lowest BCUT2D eigenvalue weighted by atomic mass is 9.93. The molecular formula is C26H28FN3OS. The number of aromatic hydroxyl groups is 1. The molecule has 32 heavy (non-hydrogen) atoms. The number of piperidine rings is 1. The van der Waals surface area contributed by atoms with E-state index in [1.807, 2.05) is 29.5 Å². The molecule has 4 nitrogen and oxygen atoms in total. The van der Waals surface area contributed by atoms with Crippen LogP contribution in [0.15, 0.2) is 60.0 Å². The lowest BCUT2D eigenvalue weighted by Crippen LogP contribution is -2.35. The Morgan fingerprint density at radius 2 is 1.88 bits per heavy atom. The van der Waals surface area contributed by atoms with Crippen LogP contribution in [0.5, 0.6) is 5.75 Å². The van der Waals surface area contributed by atoms with Gasteiger partial charge in [-0.05, 0) is 79.5 Å². The largest absolute Gasteiger partial charge is 0.508 e. The maximum atomic E-state index is 13.4. The molecule has 2 aromatic carbocycles. The molecule has 0 aliphatic carbocycles. The summed E-state index contributed by atoms with van der Waals surface area (Å²) in [6, 6.07) is 16.3. The van der Waals surface area contributed by atoms with Crippen molar-refractivity contribution in [2.75, 3.05) is 19.6 Å². The van der Waals surface area contributed by atoms with Gasteiger partial charge >= 0.3 is 0 Å². The average Bonchev–Trinajstić information content (AvgIpc) is 3.43. The molecule has 1 aliphatic rings. The minimum absolute atomic E-state index is 0.229. The standard InChI is InChI=1S/C26H28FN3OS/c27-21-5-3-20(4-6-21)18-30-25-17-22(31)7-8-24(25)28-26(30)16-19-9-12-29(13-10-19)14-11-23-2-1-15-32-23/h1-8,15,17,19,31H,9-14,16,18H2. The number of rotatable bonds is 7.